The maximum absolute atomic E-state index is 11.9. The summed E-state index contributed by atoms with van der Waals surface area (Å²) in [4.78, 5) is 26.9. The fourth-order valence-electron chi connectivity index (χ4n) is 1.96. The van der Waals surface area contributed by atoms with Gasteiger partial charge in [-0.05, 0) is 18.1 Å². The number of piperidine rings is 1. The molecule has 2 rings (SSSR count). The number of hydrogen-bond donors (Lipinski definition) is 2. The summed E-state index contributed by atoms with van der Waals surface area (Å²) in [7, 11) is 1.55. The first-order valence-corrected chi connectivity index (χ1v) is 6.22. The fraction of sp³-hybridized carbons (Fsp3) is 0.462. The molecule has 102 valence electrons. The van der Waals surface area contributed by atoms with E-state index >= 15 is 0 Å². The molecule has 1 aliphatic heterocycles. The highest BCUT2D eigenvalue weighted by Crippen LogP contribution is 2.12. The van der Waals surface area contributed by atoms with Crippen LogP contribution in [0.1, 0.15) is 18.4 Å². The van der Waals surface area contributed by atoms with Gasteiger partial charge in [0.05, 0.1) is 13.0 Å². The minimum atomic E-state index is -0.138. The fourth-order valence-corrected chi connectivity index (χ4v) is 1.96. The summed E-state index contributed by atoms with van der Waals surface area (Å²) in [6.07, 6.45) is 2.67. The number of aromatic nitrogens is 1. The Bertz CT molecular complexity index is 466. The molecule has 1 atom stereocenters. The van der Waals surface area contributed by atoms with Gasteiger partial charge in [-0.25, -0.2) is 4.98 Å². The van der Waals surface area contributed by atoms with E-state index in [0.29, 0.717) is 31.8 Å². The number of nitrogens with one attached hydrogen (secondary N) is 2. The van der Waals surface area contributed by atoms with Crippen molar-refractivity contribution < 1.29 is 14.3 Å². The van der Waals surface area contributed by atoms with Gasteiger partial charge in [-0.15, -0.1) is 0 Å². The average molecular weight is 263 g/mol. The first-order valence-electron chi connectivity index (χ1n) is 6.22. The topological polar surface area (TPSA) is 80.3 Å². The van der Waals surface area contributed by atoms with E-state index in [1.807, 2.05) is 6.07 Å². The van der Waals surface area contributed by atoms with Crippen LogP contribution in [0.4, 0.5) is 0 Å². The van der Waals surface area contributed by atoms with Crippen LogP contribution in [0.3, 0.4) is 0 Å². The van der Waals surface area contributed by atoms with Crippen molar-refractivity contribution in [1.29, 1.82) is 0 Å². The SMILES string of the molecule is COc1cc(CNC(=O)C2CCC(=O)NC2)ccn1. The van der Waals surface area contributed by atoms with Crippen molar-refractivity contribution in [3.8, 4) is 5.88 Å². The number of methoxy groups -OCH3 is 1. The van der Waals surface area contributed by atoms with E-state index in [2.05, 4.69) is 15.6 Å². The Hall–Kier alpha value is -2.11. The molecule has 6 heteroatoms. The molecule has 2 heterocycles. The van der Waals surface area contributed by atoms with Gasteiger partial charge < -0.3 is 15.4 Å². The molecule has 1 unspecified atom stereocenters. The first kappa shape index (κ1) is 13.3. The van der Waals surface area contributed by atoms with Crippen LogP contribution < -0.4 is 15.4 Å². The third kappa shape index (κ3) is 3.67. The molecule has 0 bridgehead atoms. The molecule has 0 aliphatic carbocycles. The van der Waals surface area contributed by atoms with E-state index in [1.165, 1.54) is 0 Å². The molecule has 1 aliphatic rings. The summed E-state index contributed by atoms with van der Waals surface area (Å²) < 4.78 is 5.02. The second kappa shape index (κ2) is 6.17. The number of rotatable bonds is 4. The molecule has 1 aromatic heterocycles. The summed E-state index contributed by atoms with van der Waals surface area (Å²) >= 11 is 0. The lowest BCUT2D eigenvalue weighted by molar-refractivity contribution is -0.129. The second-order valence-corrected chi connectivity index (χ2v) is 4.46. The van der Waals surface area contributed by atoms with E-state index in [1.54, 1.807) is 19.4 Å². The Morgan fingerprint density at radius 3 is 3.16 bits per heavy atom. The van der Waals surface area contributed by atoms with Gasteiger partial charge in [0, 0.05) is 31.8 Å². The number of carbonyl (C=O) groups is 2. The van der Waals surface area contributed by atoms with Gasteiger partial charge in [-0.1, -0.05) is 0 Å². The van der Waals surface area contributed by atoms with Gasteiger partial charge in [0.15, 0.2) is 0 Å². The van der Waals surface area contributed by atoms with Crippen LogP contribution in [0.5, 0.6) is 5.88 Å². The summed E-state index contributed by atoms with van der Waals surface area (Å²) in [6, 6.07) is 3.61. The molecule has 2 N–H and O–H groups in total. The van der Waals surface area contributed by atoms with Crippen LogP contribution in [0.2, 0.25) is 0 Å². The predicted molar refractivity (Wildman–Crippen MR) is 68.4 cm³/mol. The number of hydrogen-bond acceptors (Lipinski definition) is 4. The highest BCUT2D eigenvalue weighted by atomic mass is 16.5. The molecule has 1 fully saturated rings. The standard InChI is InChI=1S/C13H17N3O3/c1-19-12-6-9(4-5-14-12)7-16-13(18)10-2-3-11(17)15-8-10/h4-6,10H,2-3,7-8H2,1H3,(H,15,17)(H,16,18). The van der Waals surface area contributed by atoms with Crippen molar-refractivity contribution in [1.82, 2.24) is 15.6 Å². The lowest BCUT2D eigenvalue weighted by Crippen LogP contribution is -2.42. The van der Waals surface area contributed by atoms with Crippen LogP contribution in [0.25, 0.3) is 0 Å². The van der Waals surface area contributed by atoms with Crippen molar-refractivity contribution in [3.05, 3.63) is 23.9 Å². The van der Waals surface area contributed by atoms with Crippen LogP contribution in [0.15, 0.2) is 18.3 Å². The van der Waals surface area contributed by atoms with Gasteiger partial charge in [0.25, 0.3) is 0 Å². The molecule has 2 amide bonds. The van der Waals surface area contributed by atoms with E-state index in [-0.39, 0.29) is 17.7 Å². The molecule has 1 aromatic rings. The van der Waals surface area contributed by atoms with Crippen LogP contribution >= 0.6 is 0 Å². The molecule has 1 saturated heterocycles. The van der Waals surface area contributed by atoms with E-state index in [4.69, 9.17) is 4.74 Å². The van der Waals surface area contributed by atoms with Gasteiger partial charge in [0.2, 0.25) is 17.7 Å². The molecular weight excluding hydrogens is 246 g/mol. The smallest absolute Gasteiger partial charge is 0.225 e. The molecular formula is C13H17N3O3. The zero-order valence-corrected chi connectivity index (χ0v) is 10.8. The molecule has 0 saturated carbocycles. The summed E-state index contributed by atoms with van der Waals surface area (Å²) in [6.45, 7) is 0.854. The van der Waals surface area contributed by atoms with Crippen molar-refractivity contribution in [2.45, 2.75) is 19.4 Å². The van der Waals surface area contributed by atoms with Crippen molar-refractivity contribution >= 4 is 11.8 Å². The minimum Gasteiger partial charge on any atom is -0.481 e. The predicted octanol–water partition coefficient (Wildman–Crippen LogP) is 0.233. The van der Waals surface area contributed by atoms with Gasteiger partial charge >= 0.3 is 0 Å². The van der Waals surface area contributed by atoms with Crippen molar-refractivity contribution in [2.75, 3.05) is 13.7 Å². The normalized spacial score (nSPS) is 18.6. The molecule has 6 nitrogen and oxygen atoms in total. The van der Waals surface area contributed by atoms with Gasteiger partial charge in [0.1, 0.15) is 0 Å². The van der Waals surface area contributed by atoms with Crippen molar-refractivity contribution in [3.63, 3.8) is 0 Å². The van der Waals surface area contributed by atoms with E-state index in [9.17, 15) is 9.59 Å². The van der Waals surface area contributed by atoms with Crippen molar-refractivity contribution in [2.24, 2.45) is 5.92 Å². The molecule has 19 heavy (non-hydrogen) atoms. The molecule has 0 aromatic carbocycles. The van der Waals surface area contributed by atoms with E-state index in [0.717, 1.165) is 5.56 Å². The summed E-state index contributed by atoms with van der Waals surface area (Å²) in [5, 5.41) is 5.56. The number of pyridine rings is 1. The zero-order chi connectivity index (χ0) is 13.7. The lowest BCUT2D eigenvalue weighted by Gasteiger charge is -2.21. The van der Waals surface area contributed by atoms with Crippen LogP contribution in [-0.2, 0) is 16.1 Å². The second-order valence-electron chi connectivity index (χ2n) is 4.46. The first-order chi connectivity index (χ1) is 9.19. The summed E-state index contributed by atoms with van der Waals surface area (Å²) in [5.41, 5.74) is 0.931. The maximum Gasteiger partial charge on any atom is 0.225 e. The Morgan fingerprint density at radius 1 is 1.63 bits per heavy atom. The van der Waals surface area contributed by atoms with Crippen LogP contribution in [-0.4, -0.2) is 30.5 Å². The van der Waals surface area contributed by atoms with Gasteiger partial charge in [-0.3, -0.25) is 9.59 Å². The number of amides is 2. The number of ether oxygens (including phenoxy) is 1. The zero-order valence-electron chi connectivity index (χ0n) is 10.8. The molecule has 0 radical (unpaired) electrons. The highest BCUT2D eigenvalue weighted by molar-refractivity contribution is 5.83. The third-order valence-electron chi connectivity index (χ3n) is 3.11. The van der Waals surface area contributed by atoms with Gasteiger partial charge in [-0.2, -0.15) is 0 Å². The van der Waals surface area contributed by atoms with Crippen LogP contribution in [0, 0.1) is 5.92 Å². The quantitative estimate of drug-likeness (QED) is 0.815. The lowest BCUT2D eigenvalue weighted by atomic mass is 9.98. The Kier molecular flexibility index (Phi) is 4.33. The Balaban J connectivity index is 1.84. The van der Waals surface area contributed by atoms with E-state index < -0.39 is 0 Å². The Labute approximate surface area is 111 Å². The molecule has 0 spiro atoms. The maximum atomic E-state index is 11.9. The Morgan fingerprint density at radius 2 is 2.47 bits per heavy atom. The largest absolute Gasteiger partial charge is 0.481 e. The monoisotopic (exact) mass is 263 g/mol. The average Bonchev–Trinajstić information content (AvgIpc) is 2.46. The highest BCUT2D eigenvalue weighted by Gasteiger charge is 2.23. The number of carbonyl (C=O) groups excluding carboxylic acids is 2. The third-order valence-corrected chi connectivity index (χ3v) is 3.11. The summed E-state index contributed by atoms with van der Waals surface area (Å²) in [5.74, 6) is 0.372. The number of nitrogens with zero attached hydrogens (tertiary/aromatic N) is 1. The minimum absolute atomic E-state index is 0.0166.